The highest BCUT2D eigenvalue weighted by atomic mass is 32.2. The summed E-state index contributed by atoms with van der Waals surface area (Å²) < 4.78 is 39.1. The molecule has 36 heavy (non-hydrogen) atoms. The van der Waals surface area contributed by atoms with E-state index in [-0.39, 0.29) is 66.0 Å². The van der Waals surface area contributed by atoms with E-state index in [1.54, 1.807) is 6.08 Å². The molecule has 194 valence electrons. The molecule has 0 aromatic carbocycles. The first-order valence-electron chi connectivity index (χ1n) is 12.3. The lowest BCUT2D eigenvalue weighted by molar-refractivity contribution is -0.165. The van der Waals surface area contributed by atoms with Crippen molar-refractivity contribution in [2.45, 2.75) is 64.1 Å². The van der Waals surface area contributed by atoms with Crippen molar-refractivity contribution in [3.05, 3.63) is 23.8 Å². The van der Waals surface area contributed by atoms with Crippen molar-refractivity contribution in [1.82, 2.24) is 0 Å². The highest BCUT2D eigenvalue weighted by molar-refractivity contribution is 8.14. The Kier molecular flexibility index (Phi) is 6.02. The van der Waals surface area contributed by atoms with Gasteiger partial charge in [0.1, 0.15) is 17.1 Å². The normalized spacial score (nSPS) is 40.1. The highest BCUT2D eigenvalue weighted by Gasteiger charge is 2.68. The predicted molar refractivity (Wildman–Crippen MR) is 130 cm³/mol. The number of allylic oxidation sites excluding steroid dienone is 4. The van der Waals surface area contributed by atoms with E-state index in [0.29, 0.717) is 19.3 Å². The van der Waals surface area contributed by atoms with E-state index in [4.69, 9.17) is 0 Å². The lowest BCUT2D eigenvalue weighted by Crippen LogP contribution is -2.60. The molecule has 4 aliphatic carbocycles. The van der Waals surface area contributed by atoms with E-state index < -0.39 is 34.1 Å². The number of halogens is 3. The average Bonchev–Trinajstić information content (AvgIpc) is 3.08. The van der Waals surface area contributed by atoms with Crippen molar-refractivity contribution in [3.63, 3.8) is 0 Å². The van der Waals surface area contributed by atoms with Gasteiger partial charge in [0.25, 0.3) is 0 Å². The van der Waals surface area contributed by atoms with Gasteiger partial charge < -0.3 is 5.11 Å². The van der Waals surface area contributed by atoms with Gasteiger partial charge in [0.2, 0.25) is 0 Å². The molecular formula is C26H29F3N2O4S. The minimum absolute atomic E-state index is 0.0114. The topological polar surface area (TPSA) is 96.2 Å². The summed E-state index contributed by atoms with van der Waals surface area (Å²) in [6.45, 7) is 3.77. The van der Waals surface area contributed by atoms with E-state index in [9.17, 15) is 32.7 Å². The summed E-state index contributed by atoms with van der Waals surface area (Å²) in [5.74, 6) is -1.21. The van der Waals surface area contributed by atoms with Crippen LogP contribution in [0.1, 0.15) is 52.4 Å². The molecule has 3 fully saturated rings. The Labute approximate surface area is 211 Å². The monoisotopic (exact) mass is 522 g/mol. The summed E-state index contributed by atoms with van der Waals surface area (Å²) in [6, 6.07) is 0. The minimum atomic E-state index is -4.54. The number of amidine groups is 1. The Bertz CT molecular complexity index is 1160. The molecule has 0 aromatic heterocycles. The standard InChI is InChI=1S/C26H29F3N2O4S/c1-23-8-5-15(32)11-14(23)3-4-16-17-6-9-25(35,24(17,2)12-18(33)21(16)23)20(34)13-36-22-30-10-7-19(31-22)26(27,28)29/h5,8,11,16-17,21,35H,3-4,6-7,9-10,12-13H2,1-2H3/t16?,17?,21?,23?,24?,25-/m0/s1. The zero-order valence-corrected chi connectivity index (χ0v) is 21.0. The second-order valence-corrected chi connectivity index (χ2v) is 12.1. The zero-order chi connectivity index (χ0) is 26.1. The highest BCUT2D eigenvalue weighted by Crippen LogP contribution is 2.66. The van der Waals surface area contributed by atoms with Crippen molar-refractivity contribution < 1.29 is 32.7 Å². The van der Waals surface area contributed by atoms with Gasteiger partial charge in [0.05, 0.1) is 5.75 Å². The summed E-state index contributed by atoms with van der Waals surface area (Å²) in [4.78, 5) is 46.5. The second-order valence-electron chi connectivity index (χ2n) is 11.1. The number of hydrogen-bond donors (Lipinski definition) is 1. The van der Waals surface area contributed by atoms with E-state index in [1.807, 2.05) is 19.9 Å². The number of carbonyl (C=O) groups is 3. The Morgan fingerprint density at radius 2 is 1.97 bits per heavy atom. The molecule has 1 N–H and O–H groups in total. The number of fused-ring (bicyclic) bond motifs is 5. The smallest absolute Gasteiger partial charge is 0.381 e. The number of aliphatic imine (C=N–C) groups is 2. The molecule has 3 saturated carbocycles. The Morgan fingerprint density at radius 1 is 1.22 bits per heavy atom. The molecule has 0 bridgehead atoms. The van der Waals surface area contributed by atoms with Gasteiger partial charge in [-0.05, 0) is 49.7 Å². The maximum atomic E-state index is 13.6. The number of alkyl halides is 3. The van der Waals surface area contributed by atoms with Crippen molar-refractivity contribution in [3.8, 4) is 0 Å². The first-order chi connectivity index (χ1) is 16.8. The van der Waals surface area contributed by atoms with Gasteiger partial charge in [-0.15, -0.1) is 0 Å². The fourth-order valence-corrected chi connectivity index (χ4v) is 8.34. The summed E-state index contributed by atoms with van der Waals surface area (Å²) in [5, 5.41) is 11.6. The zero-order valence-electron chi connectivity index (χ0n) is 20.2. The van der Waals surface area contributed by atoms with Gasteiger partial charge in [-0.2, -0.15) is 13.2 Å². The molecule has 0 aromatic rings. The van der Waals surface area contributed by atoms with Crippen LogP contribution in [-0.2, 0) is 14.4 Å². The number of ketones is 3. The van der Waals surface area contributed by atoms with Crippen LogP contribution in [0.5, 0.6) is 0 Å². The Morgan fingerprint density at radius 3 is 2.69 bits per heavy atom. The van der Waals surface area contributed by atoms with Crippen LogP contribution in [0, 0.1) is 28.6 Å². The third-order valence-electron chi connectivity index (χ3n) is 9.36. The number of nitrogens with zero attached hydrogens (tertiary/aromatic N) is 2. The maximum absolute atomic E-state index is 13.6. The van der Waals surface area contributed by atoms with Crippen LogP contribution in [0.4, 0.5) is 13.2 Å². The molecule has 0 amide bonds. The van der Waals surface area contributed by atoms with Crippen LogP contribution in [0.2, 0.25) is 0 Å². The first-order valence-corrected chi connectivity index (χ1v) is 13.3. The fourth-order valence-electron chi connectivity index (χ4n) is 7.49. The summed E-state index contributed by atoms with van der Waals surface area (Å²) in [5.41, 5.74) is -3.18. The fraction of sp³-hybridized carbons (Fsp3) is 0.654. The third kappa shape index (κ3) is 3.78. The predicted octanol–water partition coefficient (Wildman–Crippen LogP) is 4.27. The maximum Gasteiger partial charge on any atom is 0.429 e. The first kappa shape index (κ1) is 25.6. The molecule has 10 heteroatoms. The molecule has 6 atom stereocenters. The number of aliphatic hydroxyl groups is 1. The number of hydrogen-bond acceptors (Lipinski definition) is 7. The molecule has 1 heterocycles. The number of rotatable bonds is 3. The molecule has 5 unspecified atom stereocenters. The number of thioether (sulfide) groups is 1. The molecule has 5 rings (SSSR count). The lowest BCUT2D eigenvalue weighted by atomic mass is 9.46. The van der Waals surface area contributed by atoms with Gasteiger partial charge in [-0.25, -0.2) is 4.99 Å². The molecule has 0 spiro atoms. The van der Waals surface area contributed by atoms with Crippen molar-refractivity contribution in [2.75, 3.05) is 12.3 Å². The number of Topliss-reactive ketones (excluding diaryl/α,β-unsaturated/α-hetero) is 2. The molecule has 0 radical (unpaired) electrons. The van der Waals surface area contributed by atoms with Gasteiger partial charge in [0.15, 0.2) is 16.7 Å². The van der Waals surface area contributed by atoms with Crippen LogP contribution in [0.15, 0.2) is 33.8 Å². The van der Waals surface area contributed by atoms with Crippen LogP contribution < -0.4 is 0 Å². The van der Waals surface area contributed by atoms with Gasteiger partial charge in [-0.3, -0.25) is 19.4 Å². The quantitative estimate of drug-likeness (QED) is 0.597. The summed E-state index contributed by atoms with van der Waals surface area (Å²) in [6.07, 6.45) is 2.44. The van der Waals surface area contributed by atoms with E-state index in [2.05, 4.69) is 9.98 Å². The molecule has 6 nitrogen and oxygen atoms in total. The van der Waals surface area contributed by atoms with Crippen molar-refractivity contribution in [2.24, 2.45) is 38.6 Å². The van der Waals surface area contributed by atoms with Crippen LogP contribution in [-0.4, -0.2) is 57.4 Å². The molecule has 1 aliphatic heterocycles. The van der Waals surface area contributed by atoms with E-state index in [1.165, 1.54) is 6.08 Å². The average molecular weight is 523 g/mol. The van der Waals surface area contributed by atoms with E-state index >= 15 is 0 Å². The second kappa shape index (κ2) is 8.48. The van der Waals surface area contributed by atoms with Crippen molar-refractivity contribution in [1.29, 1.82) is 0 Å². The van der Waals surface area contributed by atoms with Gasteiger partial charge in [-0.1, -0.05) is 37.3 Å². The van der Waals surface area contributed by atoms with Gasteiger partial charge in [0, 0.05) is 36.1 Å². The van der Waals surface area contributed by atoms with Crippen molar-refractivity contribution >= 4 is 40.0 Å². The SMILES string of the molecule is CC12C=CC(=O)C=C1CCC1C2C(=O)CC2(C)C1CC[C@]2(O)C(=O)CSC1=NCCC(C(F)(F)F)=N1. The van der Waals surface area contributed by atoms with Crippen LogP contribution >= 0.6 is 11.8 Å². The lowest BCUT2D eigenvalue weighted by Gasteiger charge is -2.56. The Balaban J connectivity index is 1.36. The van der Waals surface area contributed by atoms with Gasteiger partial charge >= 0.3 is 6.18 Å². The summed E-state index contributed by atoms with van der Waals surface area (Å²) >= 11 is 0.806. The number of carbonyl (C=O) groups excluding carboxylic acids is 3. The molecular weight excluding hydrogens is 493 g/mol. The summed E-state index contributed by atoms with van der Waals surface area (Å²) in [7, 11) is 0. The van der Waals surface area contributed by atoms with Crippen LogP contribution in [0.3, 0.4) is 0 Å². The minimum Gasteiger partial charge on any atom is -0.381 e. The molecule has 0 saturated heterocycles. The van der Waals surface area contributed by atoms with E-state index in [0.717, 1.165) is 17.3 Å². The largest absolute Gasteiger partial charge is 0.429 e. The molecule has 5 aliphatic rings. The third-order valence-corrected chi connectivity index (χ3v) is 10.2. The Hall–Kier alpha value is -2.07. The van der Waals surface area contributed by atoms with Crippen LogP contribution in [0.25, 0.3) is 0 Å².